The molecule has 0 heterocycles. The first-order valence-electron chi connectivity index (χ1n) is 6.99. The van der Waals surface area contributed by atoms with Gasteiger partial charge in [0.15, 0.2) is 0 Å². The van der Waals surface area contributed by atoms with Crippen LogP contribution >= 0.6 is 0 Å². The second-order valence-electron chi connectivity index (χ2n) is 5.95. The molecular formula is C13H26N4. The van der Waals surface area contributed by atoms with E-state index in [2.05, 4.69) is 22.7 Å². The van der Waals surface area contributed by atoms with Gasteiger partial charge in [0, 0.05) is 12.6 Å². The number of nitrogens with two attached hydrogens (primary N) is 1. The Bertz CT molecular complexity index is 263. The zero-order valence-corrected chi connectivity index (χ0v) is 11.0. The van der Waals surface area contributed by atoms with Crippen LogP contribution in [-0.2, 0) is 0 Å². The molecule has 0 amide bonds. The number of nitrogens with zero attached hydrogens (tertiary/aromatic N) is 1. The van der Waals surface area contributed by atoms with Crippen LogP contribution < -0.4 is 16.6 Å². The molecular weight excluding hydrogens is 212 g/mol. The van der Waals surface area contributed by atoms with Crippen LogP contribution in [0.25, 0.3) is 0 Å². The monoisotopic (exact) mass is 238 g/mol. The predicted octanol–water partition coefficient (Wildman–Crippen LogP) is 1.92. The summed E-state index contributed by atoms with van der Waals surface area (Å²) in [6, 6.07) is 0.571. The van der Waals surface area contributed by atoms with Crippen molar-refractivity contribution in [2.75, 3.05) is 6.54 Å². The minimum Gasteiger partial charge on any atom is -0.353 e. The predicted molar refractivity (Wildman–Crippen MR) is 71.6 cm³/mol. The molecule has 2 aliphatic carbocycles. The number of hydrazine groups is 1. The minimum absolute atomic E-state index is 0.402. The lowest BCUT2D eigenvalue weighted by Crippen LogP contribution is -2.46. The molecule has 0 spiro atoms. The molecule has 0 aromatic carbocycles. The molecule has 4 nitrogen and oxygen atoms in total. The summed E-state index contributed by atoms with van der Waals surface area (Å²) in [5, 5.41) is 3.42. The van der Waals surface area contributed by atoms with E-state index >= 15 is 0 Å². The van der Waals surface area contributed by atoms with Gasteiger partial charge in [-0.1, -0.05) is 32.6 Å². The molecule has 2 fully saturated rings. The van der Waals surface area contributed by atoms with Crippen LogP contribution in [0, 0.1) is 5.41 Å². The van der Waals surface area contributed by atoms with Gasteiger partial charge in [-0.2, -0.15) is 0 Å². The van der Waals surface area contributed by atoms with Gasteiger partial charge in [0.1, 0.15) is 0 Å². The van der Waals surface area contributed by atoms with Crippen molar-refractivity contribution in [1.29, 1.82) is 0 Å². The topological polar surface area (TPSA) is 62.4 Å². The molecule has 0 radical (unpaired) electrons. The first-order valence-corrected chi connectivity index (χ1v) is 6.99. The number of aliphatic imine (C=N–C) groups is 1. The highest BCUT2D eigenvalue weighted by molar-refractivity contribution is 5.79. The summed E-state index contributed by atoms with van der Waals surface area (Å²) in [6.07, 6.45) is 10.5. The van der Waals surface area contributed by atoms with E-state index in [4.69, 9.17) is 5.84 Å². The molecule has 0 aliphatic heterocycles. The van der Waals surface area contributed by atoms with Crippen molar-refractivity contribution < 1.29 is 0 Å². The van der Waals surface area contributed by atoms with Crippen molar-refractivity contribution in [2.45, 2.75) is 64.3 Å². The Hall–Kier alpha value is -0.770. The standard InChI is InChI=1S/C13H26N4/c1-13(8-4-5-9-13)10-15-12(17-14)16-11-6-2-3-7-11/h11H,2-10,14H2,1H3,(H2,15,16,17). The van der Waals surface area contributed by atoms with Gasteiger partial charge in [0.2, 0.25) is 5.96 Å². The molecule has 98 valence electrons. The number of rotatable bonds is 3. The van der Waals surface area contributed by atoms with Crippen LogP contribution in [0.3, 0.4) is 0 Å². The maximum absolute atomic E-state index is 5.54. The van der Waals surface area contributed by atoms with Crippen LogP contribution in [0.15, 0.2) is 4.99 Å². The Morgan fingerprint density at radius 2 is 1.88 bits per heavy atom. The third kappa shape index (κ3) is 3.60. The molecule has 17 heavy (non-hydrogen) atoms. The largest absolute Gasteiger partial charge is 0.353 e. The average molecular weight is 238 g/mol. The summed E-state index contributed by atoms with van der Waals surface area (Å²) in [5.41, 5.74) is 3.11. The average Bonchev–Trinajstić information content (AvgIpc) is 2.96. The van der Waals surface area contributed by atoms with Gasteiger partial charge < -0.3 is 5.32 Å². The number of nitrogens with one attached hydrogen (secondary N) is 2. The van der Waals surface area contributed by atoms with E-state index in [1.54, 1.807) is 0 Å². The fourth-order valence-electron chi connectivity index (χ4n) is 3.05. The van der Waals surface area contributed by atoms with E-state index in [1.807, 2.05) is 0 Å². The quantitative estimate of drug-likeness (QED) is 0.305. The first-order chi connectivity index (χ1) is 8.22. The fourth-order valence-corrected chi connectivity index (χ4v) is 3.05. The molecule has 4 heteroatoms. The van der Waals surface area contributed by atoms with E-state index in [0.29, 0.717) is 11.5 Å². The van der Waals surface area contributed by atoms with E-state index in [9.17, 15) is 0 Å². The van der Waals surface area contributed by atoms with Gasteiger partial charge in [0.05, 0.1) is 0 Å². The number of guanidine groups is 1. The van der Waals surface area contributed by atoms with Crippen LogP contribution in [0.5, 0.6) is 0 Å². The maximum atomic E-state index is 5.54. The summed E-state index contributed by atoms with van der Waals surface area (Å²) in [4.78, 5) is 4.63. The second kappa shape index (κ2) is 5.71. The van der Waals surface area contributed by atoms with Crippen LogP contribution in [-0.4, -0.2) is 18.5 Å². The third-order valence-electron chi connectivity index (χ3n) is 4.26. The zero-order chi connectivity index (χ0) is 12.1. The molecule has 2 aliphatic rings. The van der Waals surface area contributed by atoms with Crippen molar-refractivity contribution in [3.63, 3.8) is 0 Å². The fraction of sp³-hybridized carbons (Fsp3) is 0.923. The Morgan fingerprint density at radius 1 is 1.24 bits per heavy atom. The number of hydrogen-bond acceptors (Lipinski definition) is 2. The van der Waals surface area contributed by atoms with Crippen molar-refractivity contribution in [3.8, 4) is 0 Å². The lowest BCUT2D eigenvalue weighted by Gasteiger charge is -2.22. The molecule has 2 rings (SSSR count). The van der Waals surface area contributed by atoms with Gasteiger partial charge in [-0.15, -0.1) is 0 Å². The van der Waals surface area contributed by atoms with Gasteiger partial charge in [-0.05, 0) is 31.1 Å². The van der Waals surface area contributed by atoms with E-state index in [-0.39, 0.29) is 0 Å². The Balaban J connectivity index is 1.83. The summed E-state index contributed by atoms with van der Waals surface area (Å²) in [6.45, 7) is 3.24. The summed E-state index contributed by atoms with van der Waals surface area (Å²) >= 11 is 0. The molecule has 2 saturated carbocycles. The van der Waals surface area contributed by atoms with E-state index in [0.717, 1.165) is 12.5 Å². The number of hydrogen-bond donors (Lipinski definition) is 3. The van der Waals surface area contributed by atoms with E-state index < -0.39 is 0 Å². The second-order valence-corrected chi connectivity index (χ2v) is 5.95. The molecule has 0 saturated heterocycles. The Morgan fingerprint density at radius 3 is 2.47 bits per heavy atom. The smallest absolute Gasteiger partial charge is 0.205 e. The van der Waals surface area contributed by atoms with Crippen molar-refractivity contribution in [2.24, 2.45) is 16.3 Å². The summed E-state index contributed by atoms with van der Waals surface area (Å²) in [7, 11) is 0. The Labute approximate surface area is 104 Å². The molecule has 0 aromatic heterocycles. The van der Waals surface area contributed by atoms with Gasteiger partial charge in [-0.25, -0.2) is 5.84 Å². The van der Waals surface area contributed by atoms with Gasteiger partial charge in [0.25, 0.3) is 0 Å². The SMILES string of the molecule is CC1(CN=C(NN)NC2CCCC2)CCCC1. The summed E-state index contributed by atoms with van der Waals surface area (Å²) in [5.74, 6) is 6.32. The minimum atomic E-state index is 0.402. The van der Waals surface area contributed by atoms with Crippen molar-refractivity contribution in [1.82, 2.24) is 10.7 Å². The van der Waals surface area contributed by atoms with Gasteiger partial charge in [-0.3, -0.25) is 10.4 Å². The van der Waals surface area contributed by atoms with E-state index in [1.165, 1.54) is 51.4 Å². The normalized spacial score (nSPS) is 25.2. The maximum Gasteiger partial charge on any atom is 0.205 e. The zero-order valence-electron chi connectivity index (χ0n) is 11.0. The summed E-state index contributed by atoms with van der Waals surface area (Å²) < 4.78 is 0. The molecule has 0 atom stereocenters. The highest BCUT2D eigenvalue weighted by Crippen LogP contribution is 2.37. The lowest BCUT2D eigenvalue weighted by atomic mass is 9.89. The first kappa shape index (κ1) is 12.7. The Kier molecular flexibility index (Phi) is 4.26. The molecule has 0 unspecified atom stereocenters. The van der Waals surface area contributed by atoms with Crippen LogP contribution in [0.1, 0.15) is 58.3 Å². The van der Waals surface area contributed by atoms with Crippen molar-refractivity contribution in [3.05, 3.63) is 0 Å². The highest BCUT2D eigenvalue weighted by atomic mass is 15.3. The van der Waals surface area contributed by atoms with Crippen LogP contribution in [0.2, 0.25) is 0 Å². The van der Waals surface area contributed by atoms with Crippen LogP contribution in [0.4, 0.5) is 0 Å². The molecule has 0 aromatic rings. The highest BCUT2D eigenvalue weighted by Gasteiger charge is 2.28. The molecule has 4 N–H and O–H groups in total. The molecule has 0 bridgehead atoms. The van der Waals surface area contributed by atoms with Crippen molar-refractivity contribution >= 4 is 5.96 Å². The lowest BCUT2D eigenvalue weighted by molar-refractivity contribution is 0.350. The van der Waals surface area contributed by atoms with Gasteiger partial charge >= 0.3 is 0 Å². The third-order valence-corrected chi connectivity index (χ3v) is 4.26.